The first-order valence-corrected chi connectivity index (χ1v) is 8.34. The Balaban J connectivity index is 1.82. The fourth-order valence-corrected chi connectivity index (χ4v) is 2.64. The molecule has 0 aliphatic heterocycles. The number of carbonyl (C=O) groups is 2. The number of nitrogens with zero attached hydrogens (tertiary/aromatic N) is 2. The number of nitriles is 1. The van der Waals surface area contributed by atoms with E-state index in [1.807, 2.05) is 36.4 Å². The topological polar surface area (TPSA) is 73.2 Å². The minimum absolute atomic E-state index is 0.215. The Bertz CT molecular complexity index is 1020. The Kier molecular flexibility index (Phi) is 5.29. The lowest BCUT2D eigenvalue weighted by Gasteiger charge is -2.17. The Morgan fingerprint density at radius 2 is 1.56 bits per heavy atom. The third-order valence-electron chi connectivity index (χ3n) is 4.12. The highest BCUT2D eigenvalue weighted by atomic mass is 16.2. The first-order valence-electron chi connectivity index (χ1n) is 8.34. The van der Waals surface area contributed by atoms with Gasteiger partial charge < -0.3 is 10.2 Å². The Morgan fingerprint density at radius 3 is 2.30 bits per heavy atom. The van der Waals surface area contributed by atoms with Gasteiger partial charge in [-0.25, -0.2) is 0 Å². The van der Waals surface area contributed by atoms with Crippen molar-refractivity contribution in [1.82, 2.24) is 0 Å². The predicted molar refractivity (Wildman–Crippen MR) is 105 cm³/mol. The summed E-state index contributed by atoms with van der Waals surface area (Å²) < 4.78 is 0. The molecule has 2 amide bonds. The molecule has 0 unspecified atom stereocenters. The van der Waals surface area contributed by atoms with E-state index in [0.29, 0.717) is 22.4 Å². The number of rotatable bonds is 4. The van der Waals surface area contributed by atoms with Gasteiger partial charge in [-0.2, -0.15) is 5.26 Å². The summed E-state index contributed by atoms with van der Waals surface area (Å²) in [4.78, 5) is 26.8. The molecule has 0 bridgehead atoms. The second kappa shape index (κ2) is 7.98. The lowest BCUT2D eigenvalue weighted by Crippen LogP contribution is -2.26. The van der Waals surface area contributed by atoms with Gasteiger partial charge in [-0.15, -0.1) is 0 Å². The Morgan fingerprint density at radius 1 is 0.889 bits per heavy atom. The molecule has 0 saturated carbocycles. The van der Waals surface area contributed by atoms with Gasteiger partial charge in [0.2, 0.25) is 0 Å². The Labute approximate surface area is 157 Å². The third kappa shape index (κ3) is 4.02. The number of para-hydroxylation sites is 2. The largest absolute Gasteiger partial charge is 0.321 e. The van der Waals surface area contributed by atoms with Crippen molar-refractivity contribution in [3.63, 3.8) is 0 Å². The number of hydrogen-bond acceptors (Lipinski definition) is 3. The predicted octanol–water partition coefficient (Wildman–Crippen LogP) is 4.09. The van der Waals surface area contributed by atoms with Crippen LogP contribution in [0.25, 0.3) is 0 Å². The van der Waals surface area contributed by atoms with E-state index in [0.717, 1.165) is 5.69 Å². The Hall–Kier alpha value is -3.91. The molecule has 0 aromatic heterocycles. The summed E-state index contributed by atoms with van der Waals surface area (Å²) in [5, 5.41) is 11.9. The summed E-state index contributed by atoms with van der Waals surface area (Å²) in [6.45, 7) is 0. The van der Waals surface area contributed by atoms with Crippen molar-refractivity contribution in [3.05, 3.63) is 95.6 Å². The number of nitrogens with one attached hydrogen (secondary N) is 1. The van der Waals surface area contributed by atoms with Gasteiger partial charge in [0, 0.05) is 23.9 Å². The SMILES string of the molecule is CN(C(=O)c1cccc(C(=O)Nc2ccccc2C#N)c1)c1ccccc1. The van der Waals surface area contributed by atoms with Crippen molar-refractivity contribution in [3.8, 4) is 6.07 Å². The number of carbonyl (C=O) groups excluding carboxylic acids is 2. The zero-order valence-corrected chi connectivity index (χ0v) is 14.7. The van der Waals surface area contributed by atoms with Crippen LogP contribution in [-0.4, -0.2) is 18.9 Å². The van der Waals surface area contributed by atoms with E-state index in [9.17, 15) is 9.59 Å². The fraction of sp³-hybridized carbons (Fsp3) is 0.0455. The molecule has 3 aromatic rings. The molecule has 0 radical (unpaired) electrons. The van der Waals surface area contributed by atoms with Crippen molar-refractivity contribution in [1.29, 1.82) is 5.26 Å². The summed E-state index contributed by atoms with van der Waals surface area (Å²) in [5.74, 6) is -0.594. The molecule has 27 heavy (non-hydrogen) atoms. The molecule has 0 atom stereocenters. The van der Waals surface area contributed by atoms with Crippen LogP contribution < -0.4 is 10.2 Å². The highest BCUT2D eigenvalue weighted by molar-refractivity contribution is 6.09. The van der Waals surface area contributed by atoms with Gasteiger partial charge >= 0.3 is 0 Å². The van der Waals surface area contributed by atoms with Crippen LogP contribution in [0.15, 0.2) is 78.9 Å². The normalized spacial score (nSPS) is 9.93. The van der Waals surface area contributed by atoms with E-state index < -0.39 is 0 Å². The molecular formula is C22H17N3O2. The zero-order chi connectivity index (χ0) is 19.2. The van der Waals surface area contributed by atoms with Crippen molar-refractivity contribution in [2.24, 2.45) is 0 Å². The fourth-order valence-electron chi connectivity index (χ4n) is 2.64. The van der Waals surface area contributed by atoms with Gasteiger partial charge in [-0.05, 0) is 42.5 Å². The minimum Gasteiger partial charge on any atom is -0.321 e. The van der Waals surface area contributed by atoms with E-state index in [2.05, 4.69) is 5.32 Å². The van der Waals surface area contributed by atoms with Crippen LogP contribution in [0.4, 0.5) is 11.4 Å². The number of hydrogen-bond donors (Lipinski definition) is 1. The molecule has 3 rings (SSSR count). The highest BCUT2D eigenvalue weighted by Crippen LogP contribution is 2.18. The van der Waals surface area contributed by atoms with E-state index in [4.69, 9.17) is 5.26 Å². The summed E-state index contributed by atoms with van der Waals surface area (Å²) in [7, 11) is 1.69. The van der Waals surface area contributed by atoms with Gasteiger partial charge in [0.15, 0.2) is 0 Å². The van der Waals surface area contributed by atoms with E-state index in [1.54, 1.807) is 55.6 Å². The van der Waals surface area contributed by atoms with Gasteiger partial charge in [0.25, 0.3) is 11.8 Å². The van der Waals surface area contributed by atoms with Crippen LogP contribution >= 0.6 is 0 Å². The first kappa shape index (κ1) is 17.9. The summed E-state index contributed by atoms with van der Waals surface area (Å²) in [6.07, 6.45) is 0. The van der Waals surface area contributed by atoms with Crippen molar-refractivity contribution >= 4 is 23.2 Å². The van der Waals surface area contributed by atoms with Crippen LogP contribution in [-0.2, 0) is 0 Å². The number of amides is 2. The minimum atomic E-state index is -0.380. The van der Waals surface area contributed by atoms with E-state index in [1.165, 1.54) is 4.90 Å². The first-order chi connectivity index (χ1) is 13.1. The van der Waals surface area contributed by atoms with Crippen molar-refractivity contribution in [2.45, 2.75) is 0 Å². The van der Waals surface area contributed by atoms with Gasteiger partial charge in [-0.3, -0.25) is 9.59 Å². The summed E-state index contributed by atoms with van der Waals surface area (Å²) in [6, 6.07) is 24.6. The van der Waals surface area contributed by atoms with Crippen LogP contribution in [0.1, 0.15) is 26.3 Å². The highest BCUT2D eigenvalue weighted by Gasteiger charge is 2.16. The lowest BCUT2D eigenvalue weighted by molar-refractivity contribution is 0.0993. The second-order valence-electron chi connectivity index (χ2n) is 5.89. The standard InChI is InChI=1S/C22H17N3O2/c1-25(19-11-3-2-4-12-19)22(27)17-10-7-9-16(14-17)21(26)24-20-13-6-5-8-18(20)15-23/h2-14H,1H3,(H,24,26). The third-order valence-corrected chi connectivity index (χ3v) is 4.12. The van der Waals surface area contributed by atoms with E-state index in [-0.39, 0.29) is 11.8 Å². The molecule has 5 heteroatoms. The molecule has 0 heterocycles. The van der Waals surface area contributed by atoms with Crippen LogP contribution in [0.2, 0.25) is 0 Å². The molecule has 0 fully saturated rings. The molecular weight excluding hydrogens is 338 g/mol. The lowest BCUT2D eigenvalue weighted by atomic mass is 10.1. The molecule has 0 aliphatic carbocycles. The van der Waals surface area contributed by atoms with Crippen molar-refractivity contribution < 1.29 is 9.59 Å². The van der Waals surface area contributed by atoms with Crippen LogP contribution in [0.3, 0.4) is 0 Å². The maximum atomic E-state index is 12.7. The smallest absolute Gasteiger partial charge is 0.258 e. The molecule has 5 nitrogen and oxygen atoms in total. The van der Waals surface area contributed by atoms with Gasteiger partial charge in [0.1, 0.15) is 6.07 Å². The molecule has 0 spiro atoms. The second-order valence-corrected chi connectivity index (χ2v) is 5.89. The van der Waals surface area contributed by atoms with Crippen molar-refractivity contribution in [2.75, 3.05) is 17.3 Å². The average molecular weight is 355 g/mol. The molecule has 3 aromatic carbocycles. The molecule has 132 valence electrons. The summed E-state index contributed by atoms with van der Waals surface area (Å²) in [5.41, 5.74) is 2.32. The van der Waals surface area contributed by atoms with E-state index >= 15 is 0 Å². The zero-order valence-electron chi connectivity index (χ0n) is 14.7. The quantitative estimate of drug-likeness (QED) is 0.766. The monoisotopic (exact) mass is 355 g/mol. The number of benzene rings is 3. The maximum Gasteiger partial charge on any atom is 0.258 e. The molecule has 1 N–H and O–H groups in total. The molecule has 0 aliphatic rings. The average Bonchev–Trinajstić information content (AvgIpc) is 2.73. The van der Waals surface area contributed by atoms with Crippen LogP contribution in [0, 0.1) is 11.3 Å². The van der Waals surface area contributed by atoms with Gasteiger partial charge in [0.05, 0.1) is 11.3 Å². The van der Waals surface area contributed by atoms with Gasteiger partial charge in [-0.1, -0.05) is 36.4 Å². The maximum absolute atomic E-state index is 12.7. The summed E-state index contributed by atoms with van der Waals surface area (Å²) >= 11 is 0. The van der Waals surface area contributed by atoms with Crippen LogP contribution in [0.5, 0.6) is 0 Å². The number of anilines is 2. The molecule has 0 saturated heterocycles.